The second-order valence-corrected chi connectivity index (χ2v) is 7.96. The fourth-order valence-corrected chi connectivity index (χ4v) is 4.18. The predicted molar refractivity (Wildman–Crippen MR) is 111 cm³/mol. The van der Waals surface area contributed by atoms with Crippen LogP contribution in [0.4, 0.5) is 0 Å². The third kappa shape index (κ3) is 5.34. The molecule has 2 N–H and O–H groups in total. The normalized spacial score (nSPS) is 16.7. The van der Waals surface area contributed by atoms with Gasteiger partial charge in [0, 0.05) is 17.8 Å². The summed E-state index contributed by atoms with van der Waals surface area (Å²) in [5.41, 5.74) is 1.94. The van der Waals surface area contributed by atoms with Crippen molar-refractivity contribution >= 4 is 11.6 Å². The Labute approximate surface area is 163 Å². The maximum absolute atomic E-state index is 6.35. The van der Waals surface area contributed by atoms with Crippen LogP contribution in [0, 0.1) is 0 Å². The van der Waals surface area contributed by atoms with Gasteiger partial charge >= 0.3 is 0 Å². The lowest BCUT2D eigenvalue weighted by atomic mass is 9.94. The second kappa shape index (κ2) is 10.1. The van der Waals surface area contributed by atoms with Crippen LogP contribution < -0.4 is 5.32 Å². The van der Waals surface area contributed by atoms with E-state index in [4.69, 9.17) is 16.6 Å². The molecule has 142 valence electrons. The number of unbranched alkanes of at least 4 members (excludes halogenated alkanes) is 3. The van der Waals surface area contributed by atoms with Crippen LogP contribution in [-0.4, -0.2) is 16.0 Å². The van der Waals surface area contributed by atoms with E-state index in [-0.39, 0.29) is 0 Å². The van der Waals surface area contributed by atoms with Crippen molar-refractivity contribution in [3.8, 4) is 11.3 Å². The highest BCUT2D eigenvalue weighted by molar-refractivity contribution is 6.33. The first-order valence-electron chi connectivity index (χ1n) is 10.3. The fourth-order valence-electron chi connectivity index (χ4n) is 3.95. The van der Waals surface area contributed by atoms with Gasteiger partial charge in [-0.05, 0) is 25.3 Å². The molecule has 1 aromatic carbocycles. The lowest BCUT2D eigenvalue weighted by molar-refractivity contribution is 0.320. The van der Waals surface area contributed by atoms with E-state index in [0.717, 1.165) is 28.5 Å². The molecular weight excluding hydrogens is 342 g/mol. The van der Waals surface area contributed by atoms with Crippen molar-refractivity contribution in [2.45, 2.75) is 83.2 Å². The standard InChI is InChI=1S/C22H32ClN3/c1-2-3-4-8-15-20(25-17-11-6-5-7-12-17)22-24-16-21(26-22)18-13-9-10-14-19(18)23/h9-10,13-14,16-17,20,25H,2-8,11-12,15H2,1H3,(H,24,26)/t20-/m1/s1. The monoisotopic (exact) mass is 373 g/mol. The molecule has 1 aliphatic rings. The van der Waals surface area contributed by atoms with Gasteiger partial charge in [0.25, 0.3) is 0 Å². The largest absolute Gasteiger partial charge is 0.347 e. The highest BCUT2D eigenvalue weighted by atomic mass is 35.5. The minimum atomic E-state index is 0.311. The number of nitrogens with one attached hydrogen (secondary N) is 2. The van der Waals surface area contributed by atoms with Crippen molar-refractivity contribution in [3.63, 3.8) is 0 Å². The zero-order chi connectivity index (χ0) is 18.2. The second-order valence-electron chi connectivity index (χ2n) is 7.55. The summed E-state index contributed by atoms with van der Waals surface area (Å²) in [5, 5.41) is 4.66. The lowest BCUT2D eigenvalue weighted by Crippen LogP contribution is -2.35. The minimum Gasteiger partial charge on any atom is -0.347 e. The fraction of sp³-hybridized carbons (Fsp3) is 0.591. The van der Waals surface area contributed by atoms with Crippen LogP contribution in [0.5, 0.6) is 0 Å². The van der Waals surface area contributed by atoms with E-state index in [2.05, 4.69) is 17.2 Å². The van der Waals surface area contributed by atoms with Crippen molar-refractivity contribution in [3.05, 3.63) is 41.3 Å². The molecule has 0 spiro atoms. The lowest BCUT2D eigenvalue weighted by Gasteiger charge is -2.27. The summed E-state index contributed by atoms with van der Waals surface area (Å²) in [6.45, 7) is 2.26. The summed E-state index contributed by atoms with van der Waals surface area (Å²) < 4.78 is 0. The number of rotatable bonds is 9. The van der Waals surface area contributed by atoms with E-state index in [0.29, 0.717) is 12.1 Å². The maximum atomic E-state index is 6.35. The highest BCUT2D eigenvalue weighted by Crippen LogP contribution is 2.29. The molecule has 0 unspecified atom stereocenters. The average molecular weight is 374 g/mol. The van der Waals surface area contributed by atoms with E-state index in [1.54, 1.807) is 0 Å². The quantitative estimate of drug-likeness (QED) is 0.482. The first-order chi connectivity index (χ1) is 12.8. The average Bonchev–Trinajstić information content (AvgIpc) is 3.15. The molecule has 4 heteroatoms. The van der Waals surface area contributed by atoms with Crippen LogP contribution in [-0.2, 0) is 0 Å². The van der Waals surface area contributed by atoms with Gasteiger partial charge in [-0.1, -0.05) is 81.7 Å². The summed E-state index contributed by atoms with van der Waals surface area (Å²) in [6, 6.07) is 8.87. The van der Waals surface area contributed by atoms with Crippen LogP contribution in [0.1, 0.15) is 83.0 Å². The van der Waals surface area contributed by atoms with E-state index >= 15 is 0 Å². The van der Waals surface area contributed by atoms with Crippen LogP contribution >= 0.6 is 11.6 Å². The van der Waals surface area contributed by atoms with E-state index in [1.165, 1.54) is 57.8 Å². The van der Waals surface area contributed by atoms with Crippen molar-refractivity contribution in [2.75, 3.05) is 0 Å². The Hall–Kier alpha value is -1.32. The van der Waals surface area contributed by atoms with E-state index < -0.39 is 0 Å². The number of hydrogen-bond acceptors (Lipinski definition) is 2. The van der Waals surface area contributed by atoms with Crippen LogP contribution in [0.2, 0.25) is 5.02 Å². The number of aromatic amines is 1. The van der Waals surface area contributed by atoms with Crippen molar-refractivity contribution < 1.29 is 0 Å². The van der Waals surface area contributed by atoms with Gasteiger partial charge in [-0.15, -0.1) is 0 Å². The number of hydrogen-bond donors (Lipinski definition) is 2. The minimum absolute atomic E-state index is 0.311. The third-order valence-electron chi connectivity index (χ3n) is 5.47. The summed E-state index contributed by atoms with van der Waals surface area (Å²) >= 11 is 6.35. The predicted octanol–water partition coefficient (Wildman–Crippen LogP) is 6.66. The molecule has 1 atom stereocenters. The topological polar surface area (TPSA) is 40.7 Å². The highest BCUT2D eigenvalue weighted by Gasteiger charge is 2.21. The van der Waals surface area contributed by atoms with Gasteiger partial charge in [0.15, 0.2) is 0 Å². The molecule has 0 saturated heterocycles. The van der Waals surface area contributed by atoms with Crippen molar-refractivity contribution in [2.24, 2.45) is 0 Å². The first-order valence-corrected chi connectivity index (χ1v) is 10.7. The number of nitrogens with zero attached hydrogens (tertiary/aromatic N) is 1. The Morgan fingerprint density at radius 1 is 1.15 bits per heavy atom. The number of imidazole rings is 1. The van der Waals surface area contributed by atoms with Gasteiger partial charge in [0.1, 0.15) is 5.82 Å². The molecule has 0 radical (unpaired) electrons. The third-order valence-corrected chi connectivity index (χ3v) is 5.80. The molecule has 1 heterocycles. The molecule has 3 rings (SSSR count). The summed E-state index contributed by atoms with van der Waals surface area (Å²) in [6.07, 6.45) is 15.0. The van der Waals surface area contributed by atoms with Gasteiger partial charge in [-0.3, -0.25) is 0 Å². The van der Waals surface area contributed by atoms with Gasteiger partial charge in [-0.2, -0.15) is 0 Å². The van der Waals surface area contributed by atoms with E-state index in [1.807, 2.05) is 30.5 Å². The van der Waals surface area contributed by atoms with Gasteiger partial charge < -0.3 is 10.3 Å². The number of H-pyrrole nitrogens is 1. The van der Waals surface area contributed by atoms with E-state index in [9.17, 15) is 0 Å². The molecule has 1 saturated carbocycles. The molecule has 0 bridgehead atoms. The van der Waals surface area contributed by atoms with Crippen molar-refractivity contribution in [1.82, 2.24) is 15.3 Å². The molecule has 3 nitrogen and oxygen atoms in total. The Balaban J connectivity index is 1.71. The summed E-state index contributed by atoms with van der Waals surface area (Å²) in [4.78, 5) is 8.33. The number of aromatic nitrogens is 2. The zero-order valence-corrected chi connectivity index (χ0v) is 16.7. The molecule has 2 aromatic rings. The van der Waals surface area contributed by atoms with Crippen LogP contribution in [0.3, 0.4) is 0 Å². The molecule has 1 fully saturated rings. The van der Waals surface area contributed by atoms with Gasteiger partial charge in [0.2, 0.25) is 0 Å². The number of halogens is 1. The molecule has 1 aromatic heterocycles. The van der Waals surface area contributed by atoms with Crippen molar-refractivity contribution in [1.29, 1.82) is 0 Å². The molecular formula is C22H32ClN3. The zero-order valence-electron chi connectivity index (χ0n) is 15.9. The summed E-state index contributed by atoms with van der Waals surface area (Å²) in [5.74, 6) is 1.06. The van der Waals surface area contributed by atoms with Crippen LogP contribution in [0.25, 0.3) is 11.3 Å². The van der Waals surface area contributed by atoms with Crippen LogP contribution in [0.15, 0.2) is 30.5 Å². The molecule has 0 aliphatic heterocycles. The Bertz CT molecular complexity index is 661. The smallest absolute Gasteiger partial charge is 0.124 e. The molecule has 0 amide bonds. The first kappa shape index (κ1) is 19.4. The Morgan fingerprint density at radius 2 is 1.96 bits per heavy atom. The SMILES string of the molecule is CCCCCC[C@@H](NC1CCCCC1)c1nc(-c2ccccc2Cl)c[nH]1. The Morgan fingerprint density at radius 3 is 2.73 bits per heavy atom. The molecule has 26 heavy (non-hydrogen) atoms. The maximum Gasteiger partial charge on any atom is 0.124 e. The summed E-state index contributed by atoms with van der Waals surface area (Å²) in [7, 11) is 0. The van der Waals surface area contributed by atoms with Gasteiger partial charge in [0.05, 0.1) is 16.8 Å². The number of benzene rings is 1. The Kier molecular flexibility index (Phi) is 7.57. The molecule has 1 aliphatic carbocycles. The van der Waals surface area contributed by atoms with Gasteiger partial charge in [-0.25, -0.2) is 4.98 Å².